The predicted octanol–water partition coefficient (Wildman–Crippen LogP) is 3.28. The van der Waals surface area contributed by atoms with Gasteiger partial charge >= 0.3 is 0 Å². The average Bonchev–Trinajstić information content (AvgIpc) is 2.78. The van der Waals surface area contributed by atoms with Crippen molar-refractivity contribution in [1.29, 1.82) is 0 Å². The highest BCUT2D eigenvalue weighted by Gasteiger charge is 2.18. The van der Waals surface area contributed by atoms with Crippen LogP contribution in [0.5, 0.6) is 0 Å². The minimum absolute atomic E-state index is 0.229. The summed E-state index contributed by atoms with van der Waals surface area (Å²) in [5.41, 5.74) is 1.12. The molecule has 1 aromatic carbocycles. The molecule has 0 bridgehead atoms. The molecule has 2 N–H and O–H groups in total. The molecular formula is C17H20FNO3. The van der Waals surface area contributed by atoms with Gasteiger partial charge in [0.25, 0.3) is 5.91 Å². The molecule has 0 spiro atoms. The summed E-state index contributed by atoms with van der Waals surface area (Å²) in [5, 5.41) is 13.0. The van der Waals surface area contributed by atoms with Gasteiger partial charge in [0, 0.05) is 6.04 Å². The molecule has 2 unspecified atom stereocenters. The molecule has 1 heterocycles. The van der Waals surface area contributed by atoms with E-state index in [2.05, 4.69) is 5.32 Å². The van der Waals surface area contributed by atoms with Crippen LogP contribution in [0.15, 0.2) is 34.7 Å². The maximum atomic E-state index is 12.9. The van der Waals surface area contributed by atoms with Crippen LogP contribution in [0.2, 0.25) is 0 Å². The molecule has 2 atom stereocenters. The van der Waals surface area contributed by atoms with E-state index in [-0.39, 0.29) is 17.8 Å². The maximum Gasteiger partial charge on any atom is 0.255 e. The molecule has 0 aliphatic carbocycles. The fraction of sp³-hybridized carbons (Fsp3) is 0.353. The third-order valence-electron chi connectivity index (χ3n) is 3.49. The second kappa shape index (κ2) is 6.75. The summed E-state index contributed by atoms with van der Waals surface area (Å²) in [6.45, 7) is 5.33. The number of hydrogen-bond donors (Lipinski definition) is 2. The van der Waals surface area contributed by atoms with Crippen LogP contribution >= 0.6 is 0 Å². The van der Waals surface area contributed by atoms with E-state index in [1.807, 2.05) is 6.92 Å². The van der Waals surface area contributed by atoms with E-state index < -0.39 is 6.10 Å². The summed E-state index contributed by atoms with van der Waals surface area (Å²) in [7, 11) is 0. The number of hydrogen-bond acceptors (Lipinski definition) is 3. The number of aliphatic hydroxyl groups excluding tert-OH is 1. The van der Waals surface area contributed by atoms with E-state index in [4.69, 9.17) is 4.42 Å². The summed E-state index contributed by atoms with van der Waals surface area (Å²) in [6, 6.07) is 7.14. The lowest BCUT2D eigenvalue weighted by Crippen LogP contribution is -2.33. The highest BCUT2D eigenvalue weighted by molar-refractivity contribution is 5.95. The zero-order valence-electron chi connectivity index (χ0n) is 12.9. The molecular weight excluding hydrogens is 285 g/mol. The number of benzene rings is 1. The molecule has 1 aromatic heterocycles. The Morgan fingerprint density at radius 1 is 1.32 bits per heavy atom. The van der Waals surface area contributed by atoms with Crippen LogP contribution < -0.4 is 5.32 Å². The van der Waals surface area contributed by atoms with Gasteiger partial charge in [0.15, 0.2) is 0 Å². The highest BCUT2D eigenvalue weighted by atomic mass is 19.1. The Kier molecular flexibility index (Phi) is 4.98. The number of rotatable bonds is 5. The first-order chi connectivity index (χ1) is 10.4. The number of nitrogens with one attached hydrogen (secondary N) is 1. The minimum Gasteiger partial charge on any atom is -0.466 e. The summed E-state index contributed by atoms with van der Waals surface area (Å²) >= 11 is 0. The van der Waals surface area contributed by atoms with Gasteiger partial charge in [-0.3, -0.25) is 4.79 Å². The molecule has 2 aromatic rings. The number of halogens is 1. The number of aryl methyl sites for hydroxylation is 2. The molecule has 1 amide bonds. The summed E-state index contributed by atoms with van der Waals surface area (Å²) in [5.74, 6) is 0.680. The Morgan fingerprint density at radius 2 is 1.95 bits per heavy atom. The van der Waals surface area contributed by atoms with E-state index in [0.717, 1.165) is 0 Å². The molecule has 4 nitrogen and oxygen atoms in total. The lowest BCUT2D eigenvalue weighted by atomic mass is 10.0. The average molecular weight is 305 g/mol. The van der Waals surface area contributed by atoms with Gasteiger partial charge in [-0.2, -0.15) is 0 Å². The summed E-state index contributed by atoms with van der Waals surface area (Å²) in [6.07, 6.45) is -0.421. The van der Waals surface area contributed by atoms with Gasteiger partial charge in [-0.25, -0.2) is 4.39 Å². The van der Waals surface area contributed by atoms with Crippen molar-refractivity contribution in [3.63, 3.8) is 0 Å². The molecule has 0 saturated carbocycles. The molecule has 0 aliphatic heterocycles. The van der Waals surface area contributed by atoms with E-state index >= 15 is 0 Å². The first-order valence-electron chi connectivity index (χ1n) is 7.18. The molecule has 118 valence electrons. The fourth-order valence-corrected chi connectivity index (χ4v) is 2.37. The van der Waals surface area contributed by atoms with Crippen molar-refractivity contribution in [3.8, 4) is 0 Å². The Bertz CT molecular complexity index is 648. The van der Waals surface area contributed by atoms with Crippen molar-refractivity contribution >= 4 is 5.91 Å². The fourth-order valence-electron chi connectivity index (χ4n) is 2.37. The molecule has 0 fully saturated rings. The van der Waals surface area contributed by atoms with Gasteiger partial charge < -0.3 is 14.8 Å². The van der Waals surface area contributed by atoms with Crippen molar-refractivity contribution in [2.75, 3.05) is 0 Å². The largest absolute Gasteiger partial charge is 0.466 e. The third-order valence-corrected chi connectivity index (χ3v) is 3.49. The van der Waals surface area contributed by atoms with Gasteiger partial charge in [-0.15, -0.1) is 0 Å². The smallest absolute Gasteiger partial charge is 0.255 e. The zero-order valence-corrected chi connectivity index (χ0v) is 12.9. The van der Waals surface area contributed by atoms with Crippen LogP contribution in [0.1, 0.15) is 46.9 Å². The third kappa shape index (κ3) is 3.95. The van der Waals surface area contributed by atoms with Crippen LogP contribution in [0.3, 0.4) is 0 Å². The topological polar surface area (TPSA) is 62.5 Å². The lowest BCUT2D eigenvalue weighted by molar-refractivity contribution is 0.0915. The van der Waals surface area contributed by atoms with Crippen molar-refractivity contribution in [2.45, 2.75) is 39.3 Å². The Labute approximate surface area is 129 Å². The lowest BCUT2D eigenvalue weighted by Gasteiger charge is -2.18. The molecule has 0 aliphatic rings. The monoisotopic (exact) mass is 305 g/mol. The van der Waals surface area contributed by atoms with Crippen LogP contribution in [-0.2, 0) is 0 Å². The maximum absolute atomic E-state index is 12.9. The molecule has 5 heteroatoms. The Morgan fingerprint density at radius 3 is 2.50 bits per heavy atom. The number of aliphatic hydroxyl groups is 1. The van der Waals surface area contributed by atoms with Crippen LogP contribution in [-0.4, -0.2) is 17.1 Å². The van der Waals surface area contributed by atoms with E-state index in [0.29, 0.717) is 29.1 Å². The first kappa shape index (κ1) is 16.2. The summed E-state index contributed by atoms with van der Waals surface area (Å²) < 4.78 is 18.2. The quantitative estimate of drug-likeness (QED) is 0.891. The first-order valence-corrected chi connectivity index (χ1v) is 7.18. The second-order valence-corrected chi connectivity index (χ2v) is 5.50. The molecule has 2 rings (SSSR count). The standard InChI is InChI=1S/C17H20FNO3/c1-10(8-16(20)13-4-6-14(18)7-5-13)19-17(21)15-9-11(2)22-12(15)3/h4-7,9-10,16,20H,8H2,1-3H3,(H,19,21). The van der Waals surface area contributed by atoms with E-state index in [1.54, 1.807) is 19.9 Å². The second-order valence-electron chi connectivity index (χ2n) is 5.50. The molecule has 22 heavy (non-hydrogen) atoms. The number of amides is 1. The predicted molar refractivity (Wildman–Crippen MR) is 81.1 cm³/mol. The summed E-state index contributed by atoms with van der Waals surface area (Å²) in [4.78, 5) is 12.1. The van der Waals surface area contributed by atoms with E-state index in [9.17, 15) is 14.3 Å². The van der Waals surface area contributed by atoms with Crippen LogP contribution in [0.25, 0.3) is 0 Å². The number of carbonyl (C=O) groups is 1. The van der Waals surface area contributed by atoms with Gasteiger partial charge in [-0.05, 0) is 51.0 Å². The normalized spacial score (nSPS) is 13.7. The van der Waals surface area contributed by atoms with Crippen molar-refractivity contribution in [2.24, 2.45) is 0 Å². The minimum atomic E-state index is -0.761. The van der Waals surface area contributed by atoms with Crippen molar-refractivity contribution in [1.82, 2.24) is 5.32 Å². The number of carbonyl (C=O) groups excluding carboxylic acids is 1. The van der Waals surface area contributed by atoms with Gasteiger partial charge in [0.2, 0.25) is 0 Å². The van der Waals surface area contributed by atoms with Crippen LogP contribution in [0.4, 0.5) is 4.39 Å². The van der Waals surface area contributed by atoms with Gasteiger partial charge in [0.1, 0.15) is 17.3 Å². The number of furan rings is 1. The van der Waals surface area contributed by atoms with Crippen LogP contribution in [0, 0.1) is 19.7 Å². The van der Waals surface area contributed by atoms with Gasteiger partial charge in [-0.1, -0.05) is 12.1 Å². The SMILES string of the molecule is Cc1cc(C(=O)NC(C)CC(O)c2ccc(F)cc2)c(C)o1. The van der Waals surface area contributed by atoms with Crippen molar-refractivity contribution in [3.05, 3.63) is 58.8 Å². The van der Waals surface area contributed by atoms with Gasteiger partial charge in [0.05, 0.1) is 11.7 Å². The van der Waals surface area contributed by atoms with E-state index in [1.165, 1.54) is 24.3 Å². The molecule has 0 saturated heterocycles. The highest BCUT2D eigenvalue weighted by Crippen LogP contribution is 2.19. The van der Waals surface area contributed by atoms with Crippen molar-refractivity contribution < 1.29 is 18.7 Å². The zero-order chi connectivity index (χ0) is 16.3. The Balaban J connectivity index is 1.94. The Hall–Kier alpha value is -2.14. The molecule has 0 radical (unpaired) electrons.